The van der Waals surface area contributed by atoms with Gasteiger partial charge >= 0.3 is 0 Å². The Morgan fingerprint density at radius 1 is 1.18 bits per heavy atom. The summed E-state index contributed by atoms with van der Waals surface area (Å²) in [5, 5.41) is 6.48. The Hall–Kier alpha value is -1.71. The molecule has 0 spiro atoms. The maximum atomic E-state index is 5.97. The van der Waals surface area contributed by atoms with Gasteiger partial charge in [0.2, 0.25) is 0 Å². The Morgan fingerprint density at radius 3 is 2.45 bits per heavy atom. The minimum Gasteiger partial charge on any atom is -0.493 e. The summed E-state index contributed by atoms with van der Waals surface area (Å²) in [6.07, 6.45) is 1.07. The molecular formula is C18H31N3O. The Labute approximate surface area is 135 Å². The van der Waals surface area contributed by atoms with E-state index in [-0.39, 0.29) is 0 Å². The van der Waals surface area contributed by atoms with Crippen LogP contribution in [0.5, 0.6) is 5.75 Å². The molecule has 1 rings (SSSR count). The van der Waals surface area contributed by atoms with Crippen molar-refractivity contribution < 1.29 is 4.74 Å². The fourth-order valence-electron chi connectivity index (χ4n) is 2.00. The third kappa shape index (κ3) is 6.83. The monoisotopic (exact) mass is 305 g/mol. The maximum absolute atomic E-state index is 5.97. The maximum Gasteiger partial charge on any atom is 0.191 e. The van der Waals surface area contributed by atoms with Crippen molar-refractivity contribution in [1.29, 1.82) is 0 Å². The molecule has 0 aliphatic carbocycles. The third-order valence-corrected chi connectivity index (χ3v) is 3.27. The largest absolute Gasteiger partial charge is 0.493 e. The van der Waals surface area contributed by atoms with Crippen LogP contribution in [0.1, 0.15) is 45.2 Å². The summed E-state index contributed by atoms with van der Waals surface area (Å²) in [6.45, 7) is 13.7. The van der Waals surface area contributed by atoms with Crippen molar-refractivity contribution in [3.05, 3.63) is 29.3 Å². The van der Waals surface area contributed by atoms with Gasteiger partial charge in [-0.05, 0) is 44.7 Å². The van der Waals surface area contributed by atoms with Gasteiger partial charge < -0.3 is 15.4 Å². The molecule has 0 radical (unpaired) electrons. The van der Waals surface area contributed by atoms with Gasteiger partial charge in [-0.15, -0.1) is 0 Å². The van der Waals surface area contributed by atoms with Gasteiger partial charge in [-0.25, -0.2) is 4.99 Å². The fraction of sp³-hybridized carbons (Fsp3) is 0.611. The number of hydrogen-bond donors (Lipinski definition) is 2. The SMILES string of the molecule is CCNC(=NCc1ccc(C)cc1OCCC(C)C)NCC. The van der Waals surface area contributed by atoms with Crippen LogP contribution in [0.25, 0.3) is 0 Å². The normalized spacial score (nSPS) is 10.5. The fourth-order valence-corrected chi connectivity index (χ4v) is 2.00. The number of benzene rings is 1. The molecule has 0 unspecified atom stereocenters. The Bertz CT molecular complexity index is 461. The van der Waals surface area contributed by atoms with Gasteiger partial charge in [0.05, 0.1) is 13.2 Å². The summed E-state index contributed by atoms with van der Waals surface area (Å²) < 4.78 is 5.97. The lowest BCUT2D eigenvalue weighted by Gasteiger charge is -2.13. The Balaban J connectivity index is 2.77. The molecule has 22 heavy (non-hydrogen) atoms. The van der Waals surface area contributed by atoms with Crippen molar-refractivity contribution in [3.8, 4) is 5.75 Å². The van der Waals surface area contributed by atoms with Gasteiger partial charge in [0.1, 0.15) is 5.75 Å². The minimum atomic E-state index is 0.618. The molecule has 4 nitrogen and oxygen atoms in total. The number of guanidine groups is 1. The van der Waals surface area contributed by atoms with Gasteiger partial charge in [0.25, 0.3) is 0 Å². The van der Waals surface area contributed by atoms with Crippen molar-refractivity contribution in [2.24, 2.45) is 10.9 Å². The van der Waals surface area contributed by atoms with Gasteiger partial charge in [0, 0.05) is 18.7 Å². The van der Waals surface area contributed by atoms with Crippen LogP contribution in [0.2, 0.25) is 0 Å². The van der Waals surface area contributed by atoms with Gasteiger partial charge in [0.15, 0.2) is 5.96 Å². The molecule has 0 aliphatic rings. The van der Waals surface area contributed by atoms with E-state index < -0.39 is 0 Å². The van der Waals surface area contributed by atoms with E-state index in [0.717, 1.165) is 43.4 Å². The van der Waals surface area contributed by atoms with E-state index in [1.807, 2.05) is 0 Å². The molecule has 0 saturated carbocycles. The first-order valence-corrected chi connectivity index (χ1v) is 8.31. The standard InChI is InChI=1S/C18H31N3O/c1-6-19-18(20-7-2)21-13-16-9-8-15(5)12-17(16)22-11-10-14(3)4/h8-9,12,14H,6-7,10-11,13H2,1-5H3,(H2,19,20,21). The van der Waals surface area contributed by atoms with Crippen LogP contribution in [-0.2, 0) is 6.54 Å². The van der Waals surface area contributed by atoms with Crippen molar-refractivity contribution in [2.45, 2.75) is 47.6 Å². The molecule has 0 saturated heterocycles. The summed E-state index contributed by atoms with van der Waals surface area (Å²) in [5.74, 6) is 2.45. The van der Waals surface area contributed by atoms with Crippen LogP contribution < -0.4 is 15.4 Å². The van der Waals surface area contributed by atoms with Crippen LogP contribution in [0.4, 0.5) is 0 Å². The first-order valence-electron chi connectivity index (χ1n) is 8.31. The zero-order valence-corrected chi connectivity index (χ0v) is 14.7. The molecule has 1 aromatic carbocycles. The van der Waals surface area contributed by atoms with Crippen LogP contribution in [0.15, 0.2) is 23.2 Å². The van der Waals surface area contributed by atoms with E-state index in [0.29, 0.717) is 12.5 Å². The third-order valence-electron chi connectivity index (χ3n) is 3.27. The highest BCUT2D eigenvalue weighted by Gasteiger charge is 2.05. The topological polar surface area (TPSA) is 45.7 Å². The smallest absolute Gasteiger partial charge is 0.191 e. The molecule has 2 N–H and O–H groups in total. The molecule has 4 heteroatoms. The van der Waals surface area contributed by atoms with Gasteiger partial charge in [-0.3, -0.25) is 0 Å². The number of nitrogens with zero attached hydrogens (tertiary/aromatic N) is 1. The highest BCUT2D eigenvalue weighted by molar-refractivity contribution is 5.79. The molecule has 0 aromatic heterocycles. The summed E-state index contributed by atoms with van der Waals surface area (Å²) in [4.78, 5) is 4.62. The highest BCUT2D eigenvalue weighted by Crippen LogP contribution is 2.22. The Morgan fingerprint density at radius 2 is 1.86 bits per heavy atom. The number of rotatable bonds is 8. The Kier molecular flexibility index (Phi) is 8.41. The molecule has 0 bridgehead atoms. The number of ether oxygens (including phenoxy) is 1. The summed E-state index contributed by atoms with van der Waals surface area (Å²) in [6, 6.07) is 6.32. The quantitative estimate of drug-likeness (QED) is 0.571. The zero-order valence-electron chi connectivity index (χ0n) is 14.7. The molecule has 0 atom stereocenters. The first-order chi connectivity index (χ1) is 10.6. The van der Waals surface area contributed by atoms with Crippen molar-refractivity contribution >= 4 is 5.96 Å². The van der Waals surface area contributed by atoms with E-state index in [4.69, 9.17) is 4.74 Å². The number of aryl methyl sites for hydroxylation is 1. The molecule has 0 fully saturated rings. The van der Waals surface area contributed by atoms with Crippen molar-refractivity contribution in [1.82, 2.24) is 10.6 Å². The van der Waals surface area contributed by atoms with Gasteiger partial charge in [-0.1, -0.05) is 26.0 Å². The second-order valence-corrected chi connectivity index (χ2v) is 5.87. The average Bonchev–Trinajstić information content (AvgIpc) is 2.46. The molecule has 0 heterocycles. The van der Waals surface area contributed by atoms with Crippen LogP contribution >= 0.6 is 0 Å². The van der Waals surface area contributed by atoms with E-state index in [1.165, 1.54) is 5.56 Å². The summed E-state index contributed by atoms with van der Waals surface area (Å²) >= 11 is 0. The average molecular weight is 305 g/mol. The van der Waals surface area contributed by atoms with Crippen molar-refractivity contribution in [2.75, 3.05) is 19.7 Å². The van der Waals surface area contributed by atoms with E-state index in [2.05, 4.69) is 68.4 Å². The number of hydrogen-bond acceptors (Lipinski definition) is 2. The minimum absolute atomic E-state index is 0.618. The number of aliphatic imine (C=N–C) groups is 1. The zero-order chi connectivity index (χ0) is 16.4. The first kappa shape index (κ1) is 18.3. The second kappa shape index (κ2) is 10.1. The molecule has 1 aromatic rings. The predicted octanol–water partition coefficient (Wildman–Crippen LogP) is 3.49. The van der Waals surface area contributed by atoms with Crippen LogP contribution in [0, 0.1) is 12.8 Å². The lowest BCUT2D eigenvalue weighted by Crippen LogP contribution is -2.36. The van der Waals surface area contributed by atoms with Crippen LogP contribution in [0.3, 0.4) is 0 Å². The van der Waals surface area contributed by atoms with E-state index in [9.17, 15) is 0 Å². The lowest BCUT2D eigenvalue weighted by atomic mass is 10.1. The second-order valence-electron chi connectivity index (χ2n) is 5.87. The van der Waals surface area contributed by atoms with E-state index >= 15 is 0 Å². The lowest BCUT2D eigenvalue weighted by molar-refractivity contribution is 0.287. The highest BCUT2D eigenvalue weighted by atomic mass is 16.5. The van der Waals surface area contributed by atoms with Crippen LogP contribution in [-0.4, -0.2) is 25.7 Å². The molecular weight excluding hydrogens is 274 g/mol. The van der Waals surface area contributed by atoms with Gasteiger partial charge in [-0.2, -0.15) is 0 Å². The molecule has 0 amide bonds. The van der Waals surface area contributed by atoms with E-state index in [1.54, 1.807) is 0 Å². The molecule has 124 valence electrons. The summed E-state index contributed by atoms with van der Waals surface area (Å²) in [7, 11) is 0. The van der Waals surface area contributed by atoms with Crippen molar-refractivity contribution in [3.63, 3.8) is 0 Å². The predicted molar refractivity (Wildman–Crippen MR) is 94.6 cm³/mol. The molecule has 0 aliphatic heterocycles. The summed E-state index contributed by atoms with van der Waals surface area (Å²) in [5.41, 5.74) is 2.34. The number of nitrogens with one attached hydrogen (secondary N) is 2.